The van der Waals surface area contributed by atoms with Gasteiger partial charge in [0.1, 0.15) is 5.76 Å². The number of aromatic nitrogens is 1. The van der Waals surface area contributed by atoms with Crippen LogP contribution < -0.4 is 0 Å². The first-order valence-corrected chi connectivity index (χ1v) is 8.92. The lowest BCUT2D eigenvalue weighted by Crippen LogP contribution is -2.29. The fourth-order valence-electron chi connectivity index (χ4n) is 4.60. The zero-order valence-electron chi connectivity index (χ0n) is 14.6. The molecule has 0 N–H and O–H groups in total. The molecule has 4 heteroatoms. The average Bonchev–Trinajstić information content (AvgIpc) is 3.05. The fourth-order valence-corrected chi connectivity index (χ4v) is 4.60. The zero-order valence-corrected chi connectivity index (χ0v) is 14.6. The second kappa shape index (κ2) is 5.76. The van der Waals surface area contributed by atoms with Crippen LogP contribution in [0, 0.1) is 19.8 Å². The third kappa shape index (κ3) is 2.27. The Morgan fingerprint density at radius 1 is 1.17 bits per heavy atom. The van der Waals surface area contributed by atoms with Crippen LogP contribution in [0.2, 0.25) is 0 Å². The Labute approximate surface area is 142 Å². The predicted molar refractivity (Wildman–Crippen MR) is 92.8 cm³/mol. The summed E-state index contributed by atoms with van der Waals surface area (Å²) in [6.45, 7) is 3.91. The van der Waals surface area contributed by atoms with Crippen LogP contribution in [0.4, 0.5) is 0 Å². The molecule has 126 valence electrons. The molecule has 4 nitrogen and oxygen atoms in total. The number of carbonyl (C=O) groups excluding carboxylic acids is 1. The molecule has 1 aromatic heterocycles. The van der Waals surface area contributed by atoms with Gasteiger partial charge in [-0.05, 0) is 55.9 Å². The van der Waals surface area contributed by atoms with E-state index in [9.17, 15) is 4.79 Å². The van der Waals surface area contributed by atoms with E-state index in [2.05, 4.69) is 11.2 Å². The highest BCUT2D eigenvalue weighted by atomic mass is 16.5. The summed E-state index contributed by atoms with van der Waals surface area (Å²) in [4.78, 5) is 14.6. The quantitative estimate of drug-likeness (QED) is 0.806. The van der Waals surface area contributed by atoms with Crippen LogP contribution in [-0.2, 0) is 0 Å². The summed E-state index contributed by atoms with van der Waals surface area (Å²) in [6.07, 6.45) is 6.32. The normalized spacial score (nSPS) is 21.4. The number of benzene rings is 1. The van der Waals surface area contributed by atoms with E-state index in [1.165, 1.54) is 37.7 Å². The van der Waals surface area contributed by atoms with Gasteiger partial charge in [-0.15, -0.1) is 0 Å². The summed E-state index contributed by atoms with van der Waals surface area (Å²) in [5, 5.41) is 4.07. The highest BCUT2D eigenvalue weighted by molar-refractivity contribution is 5.99. The smallest absolute Gasteiger partial charge is 0.254 e. The van der Waals surface area contributed by atoms with Crippen LogP contribution in [0.25, 0.3) is 11.1 Å². The minimum absolute atomic E-state index is 0.158. The molecule has 24 heavy (non-hydrogen) atoms. The van der Waals surface area contributed by atoms with Gasteiger partial charge in [0.2, 0.25) is 0 Å². The second-order valence-electron chi connectivity index (χ2n) is 7.26. The Kier molecular flexibility index (Phi) is 3.70. The maximum Gasteiger partial charge on any atom is 0.254 e. The van der Waals surface area contributed by atoms with E-state index in [1.54, 1.807) is 0 Å². The van der Waals surface area contributed by atoms with Crippen LogP contribution >= 0.6 is 0 Å². The lowest BCUT2D eigenvalue weighted by Gasteiger charge is -2.32. The molecule has 2 aliphatic rings. The number of hydrogen-bond acceptors (Lipinski definition) is 3. The Morgan fingerprint density at radius 2 is 1.92 bits per heavy atom. The maximum absolute atomic E-state index is 12.7. The Morgan fingerprint density at radius 3 is 2.58 bits per heavy atom. The van der Waals surface area contributed by atoms with E-state index in [0.29, 0.717) is 5.92 Å². The molecule has 1 atom stereocenters. The molecule has 4 rings (SSSR count). The van der Waals surface area contributed by atoms with Crippen molar-refractivity contribution in [1.29, 1.82) is 0 Å². The average molecular weight is 324 g/mol. The van der Waals surface area contributed by atoms with Gasteiger partial charge in [0.05, 0.1) is 11.7 Å². The van der Waals surface area contributed by atoms with E-state index >= 15 is 0 Å². The van der Waals surface area contributed by atoms with Crippen LogP contribution in [0.1, 0.15) is 65.5 Å². The Bertz CT molecular complexity index is 767. The molecule has 2 aromatic rings. The molecule has 1 fully saturated rings. The van der Waals surface area contributed by atoms with Gasteiger partial charge in [0.25, 0.3) is 5.91 Å². The van der Waals surface area contributed by atoms with Crippen molar-refractivity contribution < 1.29 is 9.32 Å². The van der Waals surface area contributed by atoms with Crippen molar-refractivity contribution in [3.05, 3.63) is 40.8 Å². The summed E-state index contributed by atoms with van der Waals surface area (Å²) in [7, 11) is 1.96. The van der Waals surface area contributed by atoms with E-state index in [0.717, 1.165) is 28.1 Å². The standard InChI is InChI=1S/C20H24N2O2/c1-12-18(13(2)24-21-12)15-9-10-16-17(11-15)19(22(3)20(16)23)14-7-5-4-6-8-14/h9-11,14,19H,4-8H2,1-3H3. The summed E-state index contributed by atoms with van der Waals surface area (Å²) in [5.41, 5.74) is 5.12. The van der Waals surface area contributed by atoms with Gasteiger partial charge in [-0.3, -0.25) is 4.79 Å². The molecule has 0 radical (unpaired) electrons. The zero-order chi connectivity index (χ0) is 16.8. The van der Waals surface area contributed by atoms with Crippen LogP contribution in [0.5, 0.6) is 0 Å². The first-order chi connectivity index (χ1) is 11.6. The van der Waals surface area contributed by atoms with E-state index in [-0.39, 0.29) is 11.9 Å². The van der Waals surface area contributed by atoms with Gasteiger partial charge in [-0.1, -0.05) is 30.5 Å². The summed E-state index contributed by atoms with van der Waals surface area (Å²) in [6, 6.07) is 6.43. The van der Waals surface area contributed by atoms with Crippen LogP contribution in [0.15, 0.2) is 22.7 Å². The largest absolute Gasteiger partial charge is 0.361 e. The minimum Gasteiger partial charge on any atom is -0.361 e. The van der Waals surface area contributed by atoms with Gasteiger partial charge in [-0.2, -0.15) is 0 Å². The maximum atomic E-state index is 12.7. The number of nitrogens with zero attached hydrogens (tertiary/aromatic N) is 2. The van der Waals surface area contributed by atoms with Gasteiger partial charge in [0.15, 0.2) is 0 Å². The summed E-state index contributed by atoms with van der Waals surface area (Å²) < 4.78 is 5.33. The molecule has 1 amide bonds. The SMILES string of the molecule is Cc1noc(C)c1-c1ccc2c(c1)C(C1CCCCC1)N(C)C2=O. The molecule has 1 aromatic carbocycles. The number of aryl methyl sites for hydroxylation is 2. The van der Waals surface area contributed by atoms with Crippen molar-refractivity contribution in [2.24, 2.45) is 5.92 Å². The molecule has 1 saturated carbocycles. The molecule has 0 spiro atoms. The highest BCUT2D eigenvalue weighted by Gasteiger charge is 2.39. The van der Waals surface area contributed by atoms with Gasteiger partial charge >= 0.3 is 0 Å². The molecular weight excluding hydrogens is 300 g/mol. The lowest BCUT2D eigenvalue weighted by molar-refractivity contribution is 0.0701. The fraction of sp³-hybridized carbons (Fsp3) is 0.500. The molecule has 0 bridgehead atoms. The summed E-state index contributed by atoms with van der Waals surface area (Å²) in [5.74, 6) is 1.57. The minimum atomic E-state index is 0.158. The molecule has 0 saturated heterocycles. The first kappa shape index (κ1) is 15.4. The molecule has 1 aliphatic heterocycles. The van der Waals surface area contributed by atoms with Crippen molar-refractivity contribution in [2.75, 3.05) is 7.05 Å². The third-order valence-electron chi connectivity index (χ3n) is 5.76. The monoisotopic (exact) mass is 324 g/mol. The van der Waals surface area contributed by atoms with Gasteiger partial charge in [0, 0.05) is 18.2 Å². The number of amides is 1. The number of rotatable bonds is 2. The van der Waals surface area contributed by atoms with Crippen molar-refractivity contribution >= 4 is 5.91 Å². The van der Waals surface area contributed by atoms with E-state index in [4.69, 9.17) is 4.52 Å². The number of carbonyl (C=O) groups is 1. The number of hydrogen-bond donors (Lipinski definition) is 0. The lowest BCUT2D eigenvalue weighted by atomic mass is 9.80. The van der Waals surface area contributed by atoms with Crippen LogP contribution in [0.3, 0.4) is 0 Å². The molecule has 1 unspecified atom stereocenters. The van der Waals surface area contributed by atoms with Crippen molar-refractivity contribution in [1.82, 2.24) is 10.1 Å². The van der Waals surface area contributed by atoms with E-state index < -0.39 is 0 Å². The van der Waals surface area contributed by atoms with Crippen molar-refractivity contribution in [3.63, 3.8) is 0 Å². The predicted octanol–water partition coefficient (Wildman–Crippen LogP) is 4.67. The van der Waals surface area contributed by atoms with Gasteiger partial charge in [-0.25, -0.2) is 0 Å². The molecule has 1 aliphatic carbocycles. The topological polar surface area (TPSA) is 46.3 Å². The summed E-state index contributed by atoms with van der Waals surface area (Å²) >= 11 is 0. The first-order valence-electron chi connectivity index (χ1n) is 8.92. The number of fused-ring (bicyclic) bond motifs is 1. The molecular formula is C20H24N2O2. The Balaban J connectivity index is 1.80. The molecule has 2 heterocycles. The van der Waals surface area contributed by atoms with Crippen molar-refractivity contribution in [3.8, 4) is 11.1 Å². The van der Waals surface area contributed by atoms with E-state index in [1.807, 2.05) is 37.9 Å². The van der Waals surface area contributed by atoms with Crippen LogP contribution in [-0.4, -0.2) is 23.0 Å². The highest BCUT2D eigenvalue weighted by Crippen LogP contribution is 2.45. The third-order valence-corrected chi connectivity index (χ3v) is 5.76. The second-order valence-corrected chi connectivity index (χ2v) is 7.26. The van der Waals surface area contributed by atoms with Gasteiger partial charge < -0.3 is 9.42 Å². The Hall–Kier alpha value is -2.10. The van der Waals surface area contributed by atoms with Crippen molar-refractivity contribution in [2.45, 2.75) is 52.0 Å².